The number of anilines is 2. The molecule has 1 heterocycles. The Kier molecular flexibility index (Phi) is 2.71. The van der Waals surface area contributed by atoms with Gasteiger partial charge in [0, 0.05) is 16.9 Å². The fourth-order valence-electron chi connectivity index (χ4n) is 2.19. The Morgan fingerprint density at radius 3 is 2.63 bits per heavy atom. The summed E-state index contributed by atoms with van der Waals surface area (Å²) in [6.07, 6.45) is 0. The minimum absolute atomic E-state index is 0.166. The van der Waals surface area contributed by atoms with Crippen LogP contribution in [0.5, 0.6) is 0 Å². The highest BCUT2D eigenvalue weighted by Gasteiger charge is 2.30. The lowest BCUT2D eigenvalue weighted by Gasteiger charge is -2.13. The van der Waals surface area contributed by atoms with Crippen molar-refractivity contribution >= 4 is 17.3 Å². The molecule has 0 spiro atoms. The molecule has 0 saturated carbocycles. The number of aryl methyl sites for hydroxylation is 1. The molecule has 0 bridgehead atoms. The van der Waals surface area contributed by atoms with Gasteiger partial charge in [0.2, 0.25) is 0 Å². The molecule has 0 saturated heterocycles. The lowest BCUT2D eigenvalue weighted by atomic mass is 10.1. The summed E-state index contributed by atoms with van der Waals surface area (Å²) < 4.78 is 13.1. The molecule has 0 fully saturated rings. The molecular formula is C15H13FN2O. The smallest absolute Gasteiger partial charge is 0.251 e. The van der Waals surface area contributed by atoms with Crippen LogP contribution < -0.4 is 10.6 Å². The van der Waals surface area contributed by atoms with Gasteiger partial charge in [-0.2, -0.15) is 0 Å². The Labute approximate surface area is 110 Å². The zero-order valence-corrected chi connectivity index (χ0v) is 10.4. The summed E-state index contributed by atoms with van der Waals surface area (Å²) in [6.45, 7) is 2.00. The number of hydrogen-bond acceptors (Lipinski definition) is 2. The van der Waals surface area contributed by atoms with E-state index in [2.05, 4.69) is 10.6 Å². The summed E-state index contributed by atoms with van der Waals surface area (Å²) in [5.74, 6) is -0.517. The fourth-order valence-corrected chi connectivity index (χ4v) is 2.19. The average molecular weight is 256 g/mol. The van der Waals surface area contributed by atoms with Crippen LogP contribution in [0.3, 0.4) is 0 Å². The van der Waals surface area contributed by atoms with Gasteiger partial charge in [0.25, 0.3) is 5.91 Å². The minimum Gasteiger partial charge on any atom is -0.370 e. The van der Waals surface area contributed by atoms with Gasteiger partial charge in [0.15, 0.2) is 0 Å². The van der Waals surface area contributed by atoms with Crippen LogP contribution in [0.2, 0.25) is 0 Å². The second-order valence-corrected chi connectivity index (χ2v) is 4.66. The maximum absolute atomic E-state index is 13.1. The normalized spacial score (nSPS) is 16.9. The van der Waals surface area contributed by atoms with E-state index in [0.29, 0.717) is 5.69 Å². The zero-order valence-electron chi connectivity index (χ0n) is 10.4. The molecule has 2 aromatic rings. The third-order valence-electron chi connectivity index (χ3n) is 3.21. The molecule has 1 amide bonds. The fraction of sp³-hybridized carbons (Fsp3) is 0.133. The van der Waals surface area contributed by atoms with Crippen molar-refractivity contribution in [3.8, 4) is 0 Å². The lowest BCUT2D eigenvalue weighted by molar-refractivity contribution is -0.116. The van der Waals surface area contributed by atoms with Crippen LogP contribution >= 0.6 is 0 Å². The molecule has 1 atom stereocenters. The largest absolute Gasteiger partial charge is 0.370 e. The number of nitrogens with one attached hydrogen (secondary N) is 2. The van der Waals surface area contributed by atoms with Crippen molar-refractivity contribution in [2.75, 3.05) is 10.6 Å². The van der Waals surface area contributed by atoms with E-state index in [0.717, 1.165) is 16.8 Å². The molecule has 0 aromatic heterocycles. The molecule has 3 nitrogen and oxygen atoms in total. The van der Waals surface area contributed by atoms with Gasteiger partial charge in [-0.3, -0.25) is 4.79 Å². The molecule has 19 heavy (non-hydrogen) atoms. The first-order valence-corrected chi connectivity index (χ1v) is 6.07. The van der Waals surface area contributed by atoms with E-state index >= 15 is 0 Å². The SMILES string of the molecule is Cc1ccc(NC2C(=O)Nc3cc(F)ccc32)cc1. The summed E-state index contributed by atoms with van der Waals surface area (Å²) in [5, 5.41) is 5.84. The van der Waals surface area contributed by atoms with Crippen molar-refractivity contribution in [3.63, 3.8) is 0 Å². The number of halogens is 1. The van der Waals surface area contributed by atoms with Gasteiger partial charge >= 0.3 is 0 Å². The first kappa shape index (κ1) is 11.7. The summed E-state index contributed by atoms with van der Waals surface area (Å²) in [6, 6.07) is 11.6. The summed E-state index contributed by atoms with van der Waals surface area (Å²) >= 11 is 0. The van der Waals surface area contributed by atoms with Crippen LogP contribution in [0, 0.1) is 12.7 Å². The summed E-state index contributed by atoms with van der Waals surface area (Å²) in [4.78, 5) is 11.9. The lowest BCUT2D eigenvalue weighted by Crippen LogP contribution is -2.19. The van der Waals surface area contributed by atoms with Crippen molar-refractivity contribution in [2.45, 2.75) is 13.0 Å². The zero-order chi connectivity index (χ0) is 13.4. The molecular weight excluding hydrogens is 243 g/mol. The number of fused-ring (bicyclic) bond motifs is 1. The number of carbonyl (C=O) groups is 1. The molecule has 0 radical (unpaired) electrons. The number of hydrogen-bond donors (Lipinski definition) is 2. The van der Waals surface area contributed by atoms with Gasteiger partial charge in [0.05, 0.1) is 0 Å². The number of benzene rings is 2. The van der Waals surface area contributed by atoms with Crippen molar-refractivity contribution in [3.05, 3.63) is 59.4 Å². The van der Waals surface area contributed by atoms with Crippen molar-refractivity contribution in [2.24, 2.45) is 0 Å². The first-order chi connectivity index (χ1) is 9.13. The van der Waals surface area contributed by atoms with Gasteiger partial charge in [-0.05, 0) is 31.2 Å². The highest BCUT2D eigenvalue weighted by Crippen LogP contribution is 2.33. The van der Waals surface area contributed by atoms with Crippen LogP contribution in [0.1, 0.15) is 17.2 Å². The molecule has 1 unspecified atom stereocenters. The van der Waals surface area contributed by atoms with Crippen LogP contribution in [0.25, 0.3) is 0 Å². The van der Waals surface area contributed by atoms with Gasteiger partial charge in [-0.1, -0.05) is 23.8 Å². The standard InChI is InChI=1S/C15H13FN2O/c1-9-2-5-11(6-3-9)17-14-12-7-4-10(16)8-13(12)18-15(14)19/h2-8,14,17H,1H3,(H,18,19). The minimum atomic E-state index is -0.474. The van der Waals surface area contributed by atoms with E-state index in [4.69, 9.17) is 0 Å². The number of rotatable bonds is 2. The van der Waals surface area contributed by atoms with Crippen molar-refractivity contribution in [1.82, 2.24) is 0 Å². The van der Waals surface area contributed by atoms with Crippen molar-refractivity contribution < 1.29 is 9.18 Å². The Hall–Kier alpha value is -2.36. The molecule has 3 rings (SSSR count). The Morgan fingerprint density at radius 2 is 1.89 bits per heavy atom. The van der Waals surface area contributed by atoms with Crippen LogP contribution in [0.4, 0.5) is 15.8 Å². The number of carbonyl (C=O) groups excluding carboxylic acids is 1. The van der Waals surface area contributed by atoms with E-state index in [-0.39, 0.29) is 11.7 Å². The van der Waals surface area contributed by atoms with Gasteiger partial charge in [0.1, 0.15) is 11.9 Å². The highest BCUT2D eigenvalue weighted by atomic mass is 19.1. The van der Waals surface area contributed by atoms with E-state index < -0.39 is 6.04 Å². The van der Waals surface area contributed by atoms with Crippen LogP contribution in [-0.4, -0.2) is 5.91 Å². The Bertz CT molecular complexity index is 637. The van der Waals surface area contributed by atoms with Gasteiger partial charge in [-0.25, -0.2) is 4.39 Å². The third kappa shape index (κ3) is 2.17. The topological polar surface area (TPSA) is 41.1 Å². The predicted octanol–water partition coefficient (Wildman–Crippen LogP) is 3.24. The second-order valence-electron chi connectivity index (χ2n) is 4.66. The Balaban J connectivity index is 1.90. The quantitative estimate of drug-likeness (QED) is 0.866. The van der Waals surface area contributed by atoms with E-state index in [9.17, 15) is 9.18 Å². The maximum atomic E-state index is 13.1. The maximum Gasteiger partial charge on any atom is 0.251 e. The summed E-state index contributed by atoms with van der Waals surface area (Å²) in [5.41, 5.74) is 3.33. The predicted molar refractivity (Wildman–Crippen MR) is 72.6 cm³/mol. The Morgan fingerprint density at radius 1 is 1.16 bits per heavy atom. The monoisotopic (exact) mass is 256 g/mol. The second kappa shape index (κ2) is 4.39. The molecule has 1 aliphatic rings. The van der Waals surface area contributed by atoms with E-state index in [1.54, 1.807) is 6.07 Å². The third-order valence-corrected chi connectivity index (χ3v) is 3.21. The average Bonchev–Trinajstić information content (AvgIpc) is 2.68. The van der Waals surface area contributed by atoms with E-state index in [1.807, 2.05) is 31.2 Å². The molecule has 4 heteroatoms. The van der Waals surface area contributed by atoms with Gasteiger partial charge < -0.3 is 10.6 Å². The molecule has 2 N–H and O–H groups in total. The summed E-state index contributed by atoms with van der Waals surface area (Å²) in [7, 11) is 0. The van der Waals surface area contributed by atoms with Crippen LogP contribution in [-0.2, 0) is 4.79 Å². The first-order valence-electron chi connectivity index (χ1n) is 6.07. The van der Waals surface area contributed by atoms with Crippen LogP contribution in [0.15, 0.2) is 42.5 Å². The van der Waals surface area contributed by atoms with Gasteiger partial charge in [-0.15, -0.1) is 0 Å². The molecule has 0 aliphatic carbocycles. The molecule has 96 valence electrons. The number of amides is 1. The van der Waals surface area contributed by atoms with E-state index in [1.165, 1.54) is 12.1 Å². The molecule has 2 aromatic carbocycles. The highest BCUT2D eigenvalue weighted by molar-refractivity contribution is 6.04. The molecule has 1 aliphatic heterocycles. The van der Waals surface area contributed by atoms with Crippen molar-refractivity contribution in [1.29, 1.82) is 0 Å².